The molecule has 2 rings (SSSR count). The van der Waals surface area contributed by atoms with Gasteiger partial charge in [0.1, 0.15) is 6.04 Å². The van der Waals surface area contributed by atoms with Crippen LogP contribution in [0.4, 0.5) is 0 Å². The number of amides is 2. The van der Waals surface area contributed by atoms with Crippen LogP contribution >= 0.6 is 23.2 Å². The average Bonchev–Trinajstić information content (AvgIpc) is 2.74. The second-order valence-corrected chi connectivity index (χ2v) is 10.3. The van der Waals surface area contributed by atoms with E-state index in [1.807, 2.05) is 6.92 Å². The van der Waals surface area contributed by atoms with Crippen LogP contribution in [0.2, 0.25) is 10.0 Å². The summed E-state index contributed by atoms with van der Waals surface area (Å²) >= 11 is 12.1. The molecular formula is C22H27Cl2N3O4S. The van der Waals surface area contributed by atoms with Gasteiger partial charge in [-0.15, -0.1) is 0 Å². The zero-order valence-corrected chi connectivity index (χ0v) is 20.8. The molecule has 0 aliphatic rings. The largest absolute Gasteiger partial charge is 0.355 e. The molecule has 0 aliphatic carbocycles. The highest BCUT2D eigenvalue weighted by molar-refractivity contribution is 7.89. The van der Waals surface area contributed by atoms with Crippen LogP contribution in [0.5, 0.6) is 0 Å². The van der Waals surface area contributed by atoms with Crippen LogP contribution in [0.15, 0.2) is 47.4 Å². The summed E-state index contributed by atoms with van der Waals surface area (Å²) in [6, 6.07) is 10.5. The minimum Gasteiger partial charge on any atom is -0.355 e. The Morgan fingerprint density at radius 2 is 1.69 bits per heavy atom. The molecule has 1 atom stereocenters. The Bertz CT molecular complexity index is 1080. The number of aryl methyl sites for hydroxylation is 1. The Morgan fingerprint density at radius 1 is 1.06 bits per heavy atom. The predicted octanol–water partition coefficient (Wildman–Crippen LogP) is 3.48. The van der Waals surface area contributed by atoms with E-state index in [4.69, 9.17) is 23.2 Å². The average molecular weight is 500 g/mol. The van der Waals surface area contributed by atoms with Gasteiger partial charge in [0.2, 0.25) is 21.8 Å². The molecule has 0 unspecified atom stereocenters. The first-order valence-corrected chi connectivity index (χ1v) is 12.2. The Morgan fingerprint density at radius 3 is 2.25 bits per heavy atom. The van der Waals surface area contributed by atoms with E-state index >= 15 is 0 Å². The predicted molar refractivity (Wildman–Crippen MR) is 126 cm³/mol. The lowest BCUT2D eigenvalue weighted by Gasteiger charge is -2.30. The Kier molecular flexibility index (Phi) is 9.09. The van der Waals surface area contributed by atoms with Crippen molar-refractivity contribution in [3.63, 3.8) is 0 Å². The van der Waals surface area contributed by atoms with Crippen molar-refractivity contribution in [2.75, 3.05) is 20.1 Å². The minimum absolute atomic E-state index is 0.0619. The highest BCUT2D eigenvalue weighted by Gasteiger charge is 2.30. The monoisotopic (exact) mass is 499 g/mol. The Labute approximate surface area is 199 Å². The number of hydrogen-bond donors (Lipinski definition) is 1. The van der Waals surface area contributed by atoms with E-state index in [1.165, 1.54) is 24.1 Å². The van der Waals surface area contributed by atoms with Crippen molar-refractivity contribution in [2.24, 2.45) is 0 Å². The summed E-state index contributed by atoms with van der Waals surface area (Å²) in [4.78, 5) is 27.0. The third-order valence-corrected chi connectivity index (χ3v) is 7.50. The van der Waals surface area contributed by atoms with Gasteiger partial charge in [0.25, 0.3) is 0 Å². The van der Waals surface area contributed by atoms with E-state index in [0.29, 0.717) is 22.2 Å². The van der Waals surface area contributed by atoms with Crippen LogP contribution in [-0.2, 0) is 26.2 Å². The molecular weight excluding hydrogens is 473 g/mol. The molecule has 0 bridgehead atoms. The van der Waals surface area contributed by atoms with Gasteiger partial charge in [-0.05, 0) is 50.6 Å². The summed E-state index contributed by atoms with van der Waals surface area (Å²) in [6.45, 7) is 5.26. The third-order valence-electron chi connectivity index (χ3n) is 4.94. The van der Waals surface area contributed by atoms with E-state index in [0.717, 1.165) is 9.87 Å². The van der Waals surface area contributed by atoms with Crippen molar-refractivity contribution in [3.8, 4) is 0 Å². The lowest BCUT2D eigenvalue weighted by atomic mass is 10.1. The van der Waals surface area contributed by atoms with Gasteiger partial charge in [0.15, 0.2) is 0 Å². The third kappa shape index (κ3) is 6.45. The maximum atomic E-state index is 13.2. The number of carbonyl (C=O) groups is 2. The zero-order chi connectivity index (χ0) is 24.1. The summed E-state index contributed by atoms with van der Waals surface area (Å²) in [5, 5.41) is 3.38. The molecule has 32 heavy (non-hydrogen) atoms. The molecule has 2 aromatic rings. The molecule has 0 saturated carbocycles. The van der Waals surface area contributed by atoms with Gasteiger partial charge >= 0.3 is 0 Å². The number of hydrogen-bond acceptors (Lipinski definition) is 4. The molecule has 0 saturated heterocycles. The van der Waals surface area contributed by atoms with Crippen LogP contribution in [0, 0.1) is 6.92 Å². The SMILES string of the molecule is CCNC(=O)[C@@H](C)N(Cc1ccc(Cl)c(Cl)c1)C(=O)CN(C)S(=O)(=O)c1ccc(C)cc1. The van der Waals surface area contributed by atoms with E-state index in [1.54, 1.807) is 44.2 Å². The number of nitrogens with zero attached hydrogens (tertiary/aromatic N) is 2. The maximum absolute atomic E-state index is 13.2. The van der Waals surface area contributed by atoms with Crippen LogP contribution < -0.4 is 5.32 Å². The molecule has 0 aromatic heterocycles. The van der Waals surface area contributed by atoms with Crippen molar-refractivity contribution in [3.05, 3.63) is 63.6 Å². The highest BCUT2D eigenvalue weighted by atomic mass is 35.5. The van der Waals surface area contributed by atoms with E-state index in [-0.39, 0.29) is 17.3 Å². The first kappa shape index (κ1) is 26.1. The molecule has 0 aliphatic heterocycles. The van der Waals surface area contributed by atoms with Crippen molar-refractivity contribution in [1.29, 1.82) is 0 Å². The standard InChI is InChI=1S/C22H27Cl2N3O4S/c1-5-25-22(29)16(3)27(13-17-8-11-19(23)20(24)12-17)21(28)14-26(4)32(30,31)18-9-6-15(2)7-10-18/h6-12,16H,5,13-14H2,1-4H3,(H,25,29)/t16-/m1/s1. The molecule has 174 valence electrons. The number of carbonyl (C=O) groups excluding carboxylic acids is 2. The van der Waals surface area contributed by atoms with Gasteiger partial charge < -0.3 is 10.2 Å². The smallest absolute Gasteiger partial charge is 0.243 e. The van der Waals surface area contributed by atoms with Crippen LogP contribution in [0.3, 0.4) is 0 Å². The molecule has 7 nitrogen and oxygen atoms in total. The molecule has 1 N–H and O–H groups in total. The minimum atomic E-state index is -3.88. The zero-order valence-electron chi connectivity index (χ0n) is 18.4. The highest BCUT2D eigenvalue weighted by Crippen LogP contribution is 2.24. The van der Waals surface area contributed by atoms with Crippen LogP contribution in [0.25, 0.3) is 0 Å². The Hall–Kier alpha value is -2.13. The van der Waals surface area contributed by atoms with E-state index < -0.39 is 28.5 Å². The topological polar surface area (TPSA) is 86.8 Å². The first-order chi connectivity index (χ1) is 15.0. The number of halogens is 2. The number of likely N-dealkylation sites (N-methyl/N-ethyl adjacent to an activating group) is 2. The second kappa shape index (κ2) is 11.1. The fourth-order valence-corrected chi connectivity index (χ4v) is 4.44. The maximum Gasteiger partial charge on any atom is 0.243 e. The van der Waals surface area contributed by atoms with E-state index in [9.17, 15) is 18.0 Å². The first-order valence-electron chi connectivity index (χ1n) is 10.0. The van der Waals surface area contributed by atoms with Crippen molar-refractivity contribution < 1.29 is 18.0 Å². The van der Waals surface area contributed by atoms with Gasteiger partial charge in [-0.1, -0.05) is 47.0 Å². The van der Waals surface area contributed by atoms with Gasteiger partial charge in [0, 0.05) is 20.1 Å². The quantitative estimate of drug-likeness (QED) is 0.571. The van der Waals surface area contributed by atoms with Crippen molar-refractivity contribution >= 4 is 45.0 Å². The molecule has 0 spiro atoms. The molecule has 0 radical (unpaired) electrons. The van der Waals surface area contributed by atoms with Crippen LogP contribution in [0.1, 0.15) is 25.0 Å². The fourth-order valence-electron chi connectivity index (χ4n) is 3.00. The fraction of sp³-hybridized carbons (Fsp3) is 0.364. The number of benzene rings is 2. The van der Waals surface area contributed by atoms with Crippen molar-refractivity contribution in [1.82, 2.24) is 14.5 Å². The summed E-state index contributed by atoms with van der Waals surface area (Å²) in [5.74, 6) is -0.863. The van der Waals surface area contributed by atoms with Crippen molar-refractivity contribution in [2.45, 2.75) is 38.3 Å². The normalized spacial score (nSPS) is 12.5. The number of rotatable bonds is 9. The molecule has 0 fully saturated rings. The summed E-state index contributed by atoms with van der Waals surface area (Å²) < 4.78 is 26.8. The number of sulfonamides is 1. The summed E-state index contributed by atoms with van der Waals surface area (Å²) in [6.07, 6.45) is 0. The summed E-state index contributed by atoms with van der Waals surface area (Å²) in [5.41, 5.74) is 1.58. The van der Waals surface area contributed by atoms with Gasteiger partial charge in [0.05, 0.1) is 21.5 Å². The Balaban J connectivity index is 2.28. The molecule has 2 amide bonds. The second-order valence-electron chi connectivity index (χ2n) is 7.41. The summed E-state index contributed by atoms with van der Waals surface area (Å²) in [7, 11) is -2.54. The van der Waals surface area contributed by atoms with Gasteiger partial charge in [-0.3, -0.25) is 9.59 Å². The number of nitrogens with one attached hydrogen (secondary N) is 1. The van der Waals surface area contributed by atoms with Gasteiger partial charge in [-0.25, -0.2) is 8.42 Å². The molecule has 0 heterocycles. The lowest BCUT2D eigenvalue weighted by Crippen LogP contribution is -2.50. The van der Waals surface area contributed by atoms with Crippen LogP contribution in [-0.4, -0.2) is 55.6 Å². The molecule has 2 aromatic carbocycles. The lowest BCUT2D eigenvalue weighted by molar-refractivity contribution is -0.140. The molecule has 10 heteroatoms. The van der Waals surface area contributed by atoms with Gasteiger partial charge in [-0.2, -0.15) is 4.31 Å². The van der Waals surface area contributed by atoms with E-state index in [2.05, 4.69) is 5.32 Å².